The van der Waals surface area contributed by atoms with E-state index in [9.17, 15) is 0 Å². The standard InChI is InChI=1S/C66H44F3N3/c67-66(68,69)57-42-64(71-60-37-48(43-17-6-1-7-18-43)29-33-52(60)53-34-30-49(38-61(53)71)44-19-8-2-9-20-44)56(59-28-16-27-58(70-59)47-25-14-5-15-26-47)41-65(57)72-62-39-50(45-21-10-3-11-22-45)31-35-54(62)55-36-32-51(40-63(55)72)46-23-12-4-13-24-46/h1-21,23,25-42H,22,24H2. The number of hydrogen-bond donors (Lipinski definition) is 0. The topological polar surface area (TPSA) is 22.8 Å². The van der Waals surface area contributed by atoms with Gasteiger partial charge in [0.15, 0.2) is 0 Å². The molecule has 0 aliphatic heterocycles. The molecule has 0 saturated carbocycles. The average Bonchev–Trinajstić information content (AvgIpc) is 3.94. The van der Waals surface area contributed by atoms with Crippen LogP contribution in [-0.2, 0) is 6.18 Å². The van der Waals surface area contributed by atoms with Gasteiger partial charge in [-0.1, -0.05) is 194 Å². The number of rotatable bonds is 6. The Kier molecular flexibility index (Phi) is 10.4. The van der Waals surface area contributed by atoms with Crippen LogP contribution in [0, 0.1) is 0 Å². The van der Waals surface area contributed by atoms with Gasteiger partial charge >= 0.3 is 6.18 Å². The monoisotopic (exact) mass is 935 g/mol. The Labute approximate surface area is 414 Å². The van der Waals surface area contributed by atoms with Crippen LogP contribution < -0.4 is 10.4 Å². The first-order chi connectivity index (χ1) is 35.3. The van der Waals surface area contributed by atoms with Crippen molar-refractivity contribution in [1.29, 1.82) is 0 Å². The molecule has 3 heterocycles. The van der Waals surface area contributed by atoms with Crippen molar-refractivity contribution >= 4 is 54.8 Å². The van der Waals surface area contributed by atoms with Crippen LogP contribution in [0.5, 0.6) is 0 Å². The summed E-state index contributed by atoms with van der Waals surface area (Å²) >= 11 is 0. The van der Waals surface area contributed by atoms with Crippen molar-refractivity contribution in [2.45, 2.75) is 19.0 Å². The van der Waals surface area contributed by atoms with E-state index in [1.54, 1.807) is 6.07 Å². The van der Waals surface area contributed by atoms with E-state index in [2.05, 4.69) is 121 Å². The predicted molar refractivity (Wildman–Crippen MR) is 292 cm³/mol. The van der Waals surface area contributed by atoms with Crippen molar-refractivity contribution in [3.05, 3.63) is 259 Å². The minimum absolute atomic E-state index is 0.0198. The zero-order valence-corrected chi connectivity index (χ0v) is 39.0. The Morgan fingerprint density at radius 3 is 1.32 bits per heavy atom. The first-order valence-electron chi connectivity index (χ1n) is 24.3. The maximum absolute atomic E-state index is 16.7. The number of alkyl halides is 3. The van der Waals surface area contributed by atoms with E-state index >= 15 is 13.2 Å². The van der Waals surface area contributed by atoms with Crippen molar-refractivity contribution < 1.29 is 13.2 Å². The number of pyridine rings is 1. The van der Waals surface area contributed by atoms with E-state index in [4.69, 9.17) is 4.98 Å². The highest BCUT2D eigenvalue weighted by Crippen LogP contribution is 2.46. The maximum atomic E-state index is 16.7. The fourth-order valence-electron chi connectivity index (χ4n) is 10.8. The summed E-state index contributed by atoms with van der Waals surface area (Å²) in [6.07, 6.45) is 13.1. The largest absolute Gasteiger partial charge is 0.418 e. The van der Waals surface area contributed by atoms with Crippen LogP contribution >= 0.6 is 0 Å². The molecule has 0 atom stereocenters. The quantitative estimate of drug-likeness (QED) is 0.163. The summed E-state index contributed by atoms with van der Waals surface area (Å²) in [6.45, 7) is 0. The summed E-state index contributed by atoms with van der Waals surface area (Å²) < 4.78 is 54.1. The summed E-state index contributed by atoms with van der Waals surface area (Å²) in [5.74, 6) is 0. The number of allylic oxidation sites excluding steroid dienone is 8. The molecular weight excluding hydrogens is 892 g/mol. The second kappa shape index (κ2) is 17.4. The van der Waals surface area contributed by atoms with Crippen LogP contribution in [-0.4, -0.2) is 14.1 Å². The molecule has 0 amide bonds. The predicted octanol–water partition coefficient (Wildman–Crippen LogP) is 16.3. The lowest BCUT2D eigenvalue weighted by molar-refractivity contribution is -0.137. The highest BCUT2D eigenvalue weighted by atomic mass is 19.4. The molecule has 0 N–H and O–H groups in total. The fraction of sp³-hybridized carbons (Fsp3) is 0.0455. The normalized spacial score (nSPS) is 15.2. The second-order valence-electron chi connectivity index (χ2n) is 18.5. The average molecular weight is 936 g/mol. The number of benzene rings is 8. The minimum atomic E-state index is -4.79. The Morgan fingerprint density at radius 1 is 0.375 bits per heavy atom. The van der Waals surface area contributed by atoms with Crippen molar-refractivity contribution in [3.63, 3.8) is 0 Å². The van der Waals surface area contributed by atoms with Gasteiger partial charge in [-0.25, -0.2) is 4.98 Å². The Hall–Kier alpha value is -9.00. The zero-order chi connectivity index (χ0) is 48.3. The van der Waals surface area contributed by atoms with E-state index in [0.717, 1.165) is 94.8 Å². The van der Waals surface area contributed by atoms with Crippen molar-refractivity contribution in [3.8, 4) is 56.1 Å². The lowest BCUT2D eigenvalue weighted by Crippen LogP contribution is -2.14. The molecule has 0 radical (unpaired) electrons. The van der Waals surface area contributed by atoms with Gasteiger partial charge < -0.3 is 9.13 Å². The summed E-state index contributed by atoms with van der Waals surface area (Å²) in [4.78, 5) is 5.33. The highest BCUT2D eigenvalue weighted by molar-refractivity contribution is 6.12. The molecule has 0 unspecified atom stereocenters. The van der Waals surface area contributed by atoms with Gasteiger partial charge in [0, 0.05) is 32.7 Å². The molecule has 0 bridgehead atoms. The molecular formula is C66H44F3N3. The van der Waals surface area contributed by atoms with Crippen LogP contribution in [0.15, 0.2) is 243 Å². The second-order valence-corrected chi connectivity index (χ2v) is 18.5. The smallest absolute Gasteiger partial charge is 0.309 e. The third-order valence-electron chi connectivity index (χ3n) is 14.3. The van der Waals surface area contributed by atoms with E-state index in [0.29, 0.717) is 33.7 Å². The fourth-order valence-corrected chi connectivity index (χ4v) is 10.8. The molecule has 6 heteroatoms. The van der Waals surface area contributed by atoms with Gasteiger partial charge in [0.1, 0.15) is 0 Å². The van der Waals surface area contributed by atoms with Crippen LogP contribution in [0.4, 0.5) is 13.2 Å². The molecule has 8 aromatic carbocycles. The Morgan fingerprint density at radius 2 is 0.833 bits per heavy atom. The van der Waals surface area contributed by atoms with Gasteiger partial charge in [0.2, 0.25) is 0 Å². The number of fused-ring (bicyclic) bond motifs is 6. The van der Waals surface area contributed by atoms with Gasteiger partial charge in [-0.05, 0) is 105 Å². The van der Waals surface area contributed by atoms with E-state index in [-0.39, 0.29) is 5.69 Å². The molecule has 0 fully saturated rings. The Bertz CT molecular complexity index is 4030. The summed E-state index contributed by atoms with van der Waals surface area (Å²) in [6, 6.07) is 64.2. The third kappa shape index (κ3) is 7.51. The first kappa shape index (κ1) is 43.1. The van der Waals surface area contributed by atoms with Gasteiger partial charge in [0.25, 0.3) is 0 Å². The van der Waals surface area contributed by atoms with Gasteiger partial charge in [-0.2, -0.15) is 13.2 Å². The number of hydrogen-bond acceptors (Lipinski definition) is 1. The van der Waals surface area contributed by atoms with E-state index < -0.39 is 11.7 Å². The highest BCUT2D eigenvalue weighted by Gasteiger charge is 2.37. The molecule has 2 aliphatic rings. The third-order valence-corrected chi connectivity index (χ3v) is 14.3. The summed E-state index contributed by atoms with van der Waals surface area (Å²) in [7, 11) is 0. The SMILES string of the molecule is FC(F)(F)c1cc(-n2c3cc(-c4ccccc4)ccc3c3ccc(-c4ccccc4)cc32)c(-c2cccc(-c3ccccc3)n2)cc1-n1c2cc(=C3C=CC=CC3)ccc2c2ccc(=C3C=CC=CC3)cc21. The first-order valence-corrected chi connectivity index (χ1v) is 24.3. The summed E-state index contributed by atoms with van der Waals surface area (Å²) in [5.41, 5.74) is 11.4. The molecule has 11 aromatic rings. The van der Waals surface area contributed by atoms with Gasteiger partial charge in [0.05, 0.1) is 50.4 Å². The number of aromatic nitrogens is 3. The minimum Gasteiger partial charge on any atom is -0.309 e. The molecule has 2 aliphatic carbocycles. The zero-order valence-electron chi connectivity index (χ0n) is 39.0. The number of halogens is 3. The molecule has 3 aromatic heterocycles. The lowest BCUT2D eigenvalue weighted by atomic mass is 10.00. The number of nitrogens with zero attached hydrogens (tertiary/aromatic N) is 3. The molecule has 3 nitrogen and oxygen atoms in total. The summed E-state index contributed by atoms with van der Waals surface area (Å²) in [5, 5.41) is 5.50. The van der Waals surface area contributed by atoms with Crippen LogP contribution in [0.25, 0.3) is 111 Å². The van der Waals surface area contributed by atoms with Crippen LogP contribution in [0.1, 0.15) is 18.4 Å². The molecule has 0 saturated heterocycles. The Balaban J connectivity index is 1.19. The molecule has 13 rings (SSSR count). The van der Waals surface area contributed by atoms with Gasteiger partial charge in [-0.3, -0.25) is 0 Å². The lowest BCUT2D eigenvalue weighted by Gasteiger charge is -2.22. The van der Waals surface area contributed by atoms with Crippen LogP contribution in [0.3, 0.4) is 0 Å². The van der Waals surface area contributed by atoms with Crippen molar-refractivity contribution in [2.75, 3.05) is 0 Å². The van der Waals surface area contributed by atoms with Gasteiger partial charge in [-0.15, -0.1) is 0 Å². The maximum Gasteiger partial charge on any atom is 0.418 e. The van der Waals surface area contributed by atoms with Crippen molar-refractivity contribution in [2.24, 2.45) is 0 Å². The van der Waals surface area contributed by atoms with E-state index in [1.165, 1.54) is 6.07 Å². The van der Waals surface area contributed by atoms with E-state index in [1.807, 2.05) is 118 Å². The molecule has 344 valence electrons. The van der Waals surface area contributed by atoms with Crippen molar-refractivity contribution in [1.82, 2.24) is 14.1 Å². The van der Waals surface area contributed by atoms with Crippen LogP contribution in [0.2, 0.25) is 0 Å². The molecule has 72 heavy (non-hydrogen) atoms. The molecule has 0 spiro atoms.